The number of hydrogen-bond acceptors (Lipinski definition) is 5. The highest BCUT2D eigenvalue weighted by Gasteiger charge is 2.26. The number of aliphatic hydroxyl groups excluding tert-OH is 1. The van der Waals surface area contributed by atoms with Gasteiger partial charge in [-0.05, 0) is 29.9 Å². The Balaban J connectivity index is 1.89. The molecule has 1 atom stereocenters. The molecule has 7 heteroatoms. The van der Waals surface area contributed by atoms with Crippen molar-refractivity contribution in [1.29, 1.82) is 0 Å². The Morgan fingerprint density at radius 2 is 1.92 bits per heavy atom. The molecule has 0 bridgehead atoms. The van der Waals surface area contributed by atoms with Gasteiger partial charge >= 0.3 is 5.97 Å². The number of oxazole rings is 1. The standard InChI is InChI=1S/C18H16N2O4S/c21-15(22)9-12(18(23)25)17-20-16-13(7-4-8-14(16)24-17)19-10-11-5-2-1-3-6-11/h1-8,12,19H,9-10H2,(H,21,22)(H,23,25). The maximum absolute atomic E-state index is 11.0. The molecule has 128 valence electrons. The van der Waals surface area contributed by atoms with Crippen LogP contribution in [0.15, 0.2) is 52.9 Å². The van der Waals surface area contributed by atoms with Gasteiger partial charge in [-0.2, -0.15) is 0 Å². The van der Waals surface area contributed by atoms with E-state index < -0.39 is 16.9 Å². The topological polar surface area (TPSA) is 95.6 Å². The SMILES string of the molecule is O=C(O)CC(C(O)=S)c1nc2c(NCc3ccccc3)cccc2o1. The molecule has 3 aromatic rings. The van der Waals surface area contributed by atoms with Crippen LogP contribution in [0.3, 0.4) is 0 Å². The smallest absolute Gasteiger partial charge is 0.304 e. The number of hydrogen-bond donors (Lipinski definition) is 3. The summed E-state index contributed by atoms with van der Waals surface area (Å²) in [5, 5.41) is 21.4. The van der Waals surface area contributed by atoms with Crippen LogP contribution in [0, 0.1) is 0 Å². The number of aliphatic hydroxyl groups is 1. The fourth-order valence-electron chi connectivity index (χ4n) is 2.51. The Hall–Kier alpha value is -2.93. The van der Waals surface area contributed by atoms with Crippen LogP contribution < -0.4 is 5.32 Å². The highest BCUT2D eigenvalue weighted by molar-refractivity contribution is 7.80. The van der Waals surface area contributed by atoms with Gasteiger partial charge in [0.1, 0.15) is 11.4 Å². The van der Waals surface area contributed by atoms with Gasteiger partial charge in [0.2, 0.25) is 5.89 Å². The number of nitrogens with zero attached hydrogens (tertiary/aromatic N) is 1. The number of carboxylic acids is 1. The number of para-hydroxylation sites is 1. The van der Waals surface area contributed by atoms with Crippen LogP contribution in [0.5, 0.6) is 0 Å². The summed E-state index contributed by atoms with van der Waals surface area (Å²) >= 11 is 4.75. The molecular formula is C18H16N2O4S. The predicted octanol–water partition coefficient (Wildman–Crippen LogP) is 3.88. The van der Waals surface area contributed by atoms with Gasteiger partial charge in [-0.15, -0.1) is 0 Å². The van der Waals surface area contributed by atoms with E-state index in [9.17, 15) is 9.90 Å². The molecule has 1 heterocycles. The first-order chi connectivity index (χ1) is 12.0. The molecule has 3 N–H and O–H groups in total. The van der Waals surface area contributed by atoms with E-state index in [1.165, 1.54) is 0 Å². The Morgan fingerprint density at radius 1 is 1.16 bits per heavy atom. The van der Waals surface area contributed by atoms with Crippen molar-refractivity contribution in [1.82, 2.24) is 4.98 Å². The third kappa shape index (κ3) is 3.95. The molecule has 0 aliphatic carbocycles. The summed E-state index contributed by atoms with van der Waals surface area (Å²) < 4.78 is 5.62. The third-order valence-corrected chi connectivity index (χ3v) is 4.02. The van der Waals surface area contributed by atoms with Gasteiger partial charge < -0.3 is 19.9 Å². The van der Waals surface area contributed by atoms with Crippen LogP contribution in [-0.2, 0) is 11.3 Å². The number of aromatic nitrogens is 1. The molecule has 0 amide bonds. The second-order valence-electron chi connectivity index (χ2n) is 5.53. The molecule has 6 nitrogen and oxygen atoms in total. The van der Waals surface area contributed by atoms with Crippen molar-refractivity contribution in [3.63, 3.8) is 0 Å². The quantitative estimate of drug-likeness (QED) is 0.553. The molecule has 0 radical (unpaired) electrons. The van der Waals surface area contributed by atoms with Crippen LogP contribution in [0.25, 0.3) is 11.1 Å². The summed E-state index contributed by atoms with van der Waals surface area (Å²) in [5.74, 6) is -1.95. The molecule has 25 heavy (non-hydrogen) atoms. The van der Waals surface area contributed by atoms with E-state index in [4.69, 9.17) is 21.7 Å². The normalized spacial score (nSPS) is 12.0. The molecule has 0 saturated carbocycles. The van der Waals surface area contributed by atoms with Gasteiger partial charge in [-0.25, -0.2) is 4.98 Å². The fourth-order valence-corrected chi connectivity index (χ4v) is 2.69. The third-order valence-electron chi connectivity index (χ3n) is 3.74. The Bertz CT molecular complexity index is 908. The van der Waals surface area contributed by atoms with E-state index in [1.807, 2.05) is 42.5 Å². The zero-order valence-corrected chi connectivity index (χ0v) is 14.0. The largest absolute Gasteiger partial charge is 0.501 e. The Labute approximate surface area is 149 Å². The molecule has 0 fully saturated rings. The molecule has 3 rings (SSSR count). The van der Waals surface area contributed by atoms with E-state index in [0.717, 1.165) is 11.3 Å². The zero-order chi connectivity index (χ0) is 17.8. The van der Waals surface area contributed by atoms with E-state index in [0.29, 0.717) is 17.6 Å². The number of fused-ring (bicyclic) bond motifs is 1. The van der Waals surface area contributed by atoms with E-state index in [-0.39, 0.29) is 12.3 Å². The first-order valence-electron chi connectivity index (χ1n) is 7.66. The maximum Gasteiger partial charge on any atom is 0.304 e. The summed E-state index contributed by atoms with van der Waals surface area (Å²) in [5.41, 5.74) is 2.94. The number of thiocarbonyl (C=S) groups is 1. The lowest BCUT2D eigenvalue weighted by atomic mass is 10.1. The minimum absolute atomic E-state index is 0.0962. The molecule has 1 aromatic heterocycles. The lowest BCUT2D eigenvalue weighted by molar-refractivity contribution is -0.137. The molecule has 0 aliphatic rings. The van der Waals surface area contributed by atoms with Crippen molar-refractivity contribution in [3.05, 3.63) is 60.0 Å². The predicted molar refractivity (Wildman–Crippen MR) is 98.0 cm³/mol. The summed E-state index contributed by atoms with van der Waals surface area (Å²) in [7, 11) is 0. The molecule has 2 aromatic carbocycles. The van der Waals surface area contributed by atoms with Crippen molar-refractivity contribution in [2.75, 3.05) is 5.32 Å². The van der Waals surface area contributed by atoms with Gasteiger partial charge in [-0.3, -0.25) is 4.79 Å². The highest BCUT2D eigenvalue weighted by Crippen LogP contribution is 2.29. The molecule has 1 unspecified atom stereocenters. The highest BCUT2D eigenvalue weighted by atomic mass is 32.1. The Kier molecular flexibility index (Phi) is 4.95. The van der Waals surface area contributed by atoms with Crippen LogP contribution in [0.1, 0.15) is 23.8 Å². The number of carboxylic acid groups (broad SMARTS) is 1. The van der Waals surface area contributed by atoms with E-state index in [1.54, 1.807) is 6.07 Å². The first kappa shape index (κ1) is 16.9. The van der Waals surface area contributed by atoms with Crippen LogP contribution in [-0.4, -0.2) is 26.2 Å². The van der Waals surface area contributed by atoms with Gasteiger partial charge in [0.05, 0.1) is 12.1 Å². The fraction of sp³-hybridized carbons (Fsp3) is 0.167. The number of nitrogens with one attached hydrogen (secondary N) is 1. The molecule has 0 saturated heterocycles. The summed E-state index contributed by atoms with van der Waals surface area (Å²) in [6, 6.07) is 15.3. The lowest BCUT2D eigenvalue weighted by Crippen LogP contribution is -2.14. The van der Waals surface area contributed by atoms with Gasteiger partial charge in [0, 0.05) is 6.54 Å². The van der Waals surface area contributed by atoms with Crippen LogP contribution in [0.4, 0.5) is 5.69 Å². The summed E-state index contributed by atoms with van der Waals surface area (Å²) in [4.78, 5) is 15.3. The van der Waals surface area contributed by atoms with Crippen LogP contribution in [0.2, 0.25) is 0 Å². The van der Waals surface area contributed by atoms with E-state index in [2.05, 4.69) is 10.3 Å². The minimum Gasteiger partial charge on any atom is -0.501 e. The average molecular weight is 356 g/mol. The number of rotatable bonds is 7. The molecule has 0 aliphatic heterocycles. The number of benzene rings is 2. The summed E-state index contributed by atoms with van der Waals surface area (Å²) in [6.45, 7) is 0.610. The Morgan fingerprint density at radius 3 is 2.60 bits per heavy atom. The summed E-state index contributed by atoms with van der Waals surface area (Å²) in [6.07, 6.45) is -0.380. The number of anilines is 1. The van der Waals surface area contributed by atoms with Crippen molar-refractivity contribution in [3.8, 4) is 0 Å². The first-order valence-corrected chi connectivity index (χ1v) is 8.07. The molecule has 0 spiro atoms. The van der Waals surface area contributed by atoms with Gasteiger partial charge in [0.15, 0.2) is 10.6 Å². The monoisotopic (exact) mass is 356 g/mol. The van der Waals surface area contributed by atoms with Gasteiger partial charge in [-0.1, -0.05) is 36.4 Å². The van der Waals surface area contributed by atoms with E-state index >= 15 is 0 Å². The lowest BCUT2D eigenvalue weighted by Gasteiger charge is -2.07. The zero-order valence-electron chi connectivity index (χ0n) is 13.2. The number of aliphatic carboxylic acids is 1. The van der Waals surface area contributed by atoms with Crippen molar-refractivity contribution in [2.24, 2.45) is 0 Å². The molecular weight excluding hydrogens is 340 g/mol. The average Bonchev–Trinajstić information content (AvgIpc) is 3.02. The van der Waals surface area contributed by atoms with Crippen molar-refractivity contribution >= 4 is 40.0 Å². The van der Waals surface area contributed by atoms with Crippen molar-refractivity contribution in [2.45, 2.75) is 18.9 Å². The maximum atomic E-state index is 11.0. The minimum atomic E-state index is -1.09. The van der Waals surface area contributed by atoms with Gasteiger partial charge in [0.25, 0.3) is 0 Å². The van der Waals surface area contributed by atoms with Crippen LogP contribution >= 0.6 is 12.2 Å². The van der Waals surface area contributed by atoms with Crippen molar-refractivity contribution < 1.29 is 19.4 Å². The second kappa shape index (κ2) is 7.31. The second-order valence-corrected chi connectivity index (χ2v) is 5.95. The number of carbonyl (C=O) groups is 1.